The van der Waals surface area contributed by atoms with Crippen molar-refractivity contribution >= 4 is 17.5 Å². The predicted molar refractivity (Wildman–Crippen MR) is 65.8 cm³/mol. The zero-order chi connectivity index (χ0) is 12.8. The second-order valence-corrected chi connectivity index (χ2v) is 3.69. The highest BCUT2D eigenvalue weighted by Crippen LogP contribution is 2.28. The fourth-order valence-electron chi connectivity index (χ4n) is 1.69. The largest absolute Gasteiger partial charge is 0.467 e. The smallest absolute Gasteiger partial charge is 0.239 e. The van der Waals surface area contributed by atoms with Crippen molar-refractivity contribution in [1.29, 1.82) is 0 Å². The van der Waals surface area contributed by atoms with Gasteiger partial charge in [0.25, 0.3) is 0 Å². The molecule has 0 N–H and O–H groups in total. The van der Waals surface area contributed by atoms with Crippen molar-refractivity contribution in [3.63, 3.8) is 0 Å². The Balaban J connectivity index is 0.000000686. The number of amides is 1. The third-order valence-corrected chi connectivity index (χ3v) is 2.69. The molecule has 96 valence electrons. The van der Waals surface area contributed by atoms with Gasteiger partial charge in [0.05, 0.1) is 12.8 Å². The fourth-order valence-corrected chi connectivity index (χ4v) is 1.85. The van der Waals surface area contributed by atoms with E-state index in [4.69, 9.17) is 20.8 Å². The number of hydrogen-bond acceptors (Lipinski definition) is 3. The maximum atomic E-state index is 11.4. The summed E-state index contributed by atoms with van der Waals surface area (Å²) in [5.74, 6) is 0.614. The molecule has 2 atom stereocenters. The van der Waals surface area contributed by atoms with Crippen LogP contribution in [0.1, 0.15) is 32.6 Å². The van der Waals surface area contributed by atoms with Crippen LogP contribution in [-0.2, 0) is 9.53 Å². The van der Waals surface area contributed by atoms with E-state index in [1.807, 2.05) is 26.8 Å². The standard InChI is InChI=1S/C10H12ClNO3.C2H6/c1-7-12(10(13)5-11)6-9(15-7)8-3-2-4-14-8;1-2/h2-4,7,9H,5-6H2,1H3;1-2H3. The minimum atomic E-state index is -0.244. The van der Waals surface area contributed by atoms with Gasteiger partial charge in [-0.05, 0) is 19.1 Å². The van der Waals surface area contributed by atoms with Crippen LogP contribution in [0.3, 0.4) is 0 Å². The average molecular weight is 260 g/mol. The summed E-state index contributed by atoms with van der Waals surface area (Å²) in [4.78, 5) is 13.0. The molecule has 17 heavy (non-hydrogen) atoms. The number of hydrogen-bond donors (Lipinski definition) is 0. The van der Waals surface area contributed by atoms with Crippen molar-refractivity contribution in [2.75, 3.05) is 12.4 Å². The molecule has 1 aromatic rings. The Morgan fingerprint density at radius 1 is 1.59 bits per heavy atom. The van der Waals surface area contributed by atoms with Crippen LogP contribution in [0.25, 0.3) is 0 Å². The van der Waals surface area contributed by atoms with Crippen molar-refractivity contribution in [3.05, 3.63) is 24.2 Å². The van der Waals surface area contributed by atoms with Gasteiger partial charge in [0.2, 0.25) is 5.91 Å². The predicted octanol–water partition coefficient (Wildman–Crippen LogP) is 2.79. The van der Waals surface area contributed by atoms with E-state index in [-0.39, 0.29) is 24.1 Å². The summed E-state index contributed by atoms with van der Waals surface area (Å²) in [7, 11) is 0. The second-order valence-electron chi connectivity index (χ2n) is 3.42. The topological polar surface area (TPSA) is 42.7 Å². The fraction of sp³-hybridized carbons (Fsp3) is 0.583. The number of ether oxygens (including phenoxy) is 1. The van der Waals surface area contributed by atoms with Gasteiger partial charge in [0, 0.05) is 0 Å². The highest BCUT2D eigenvalue weighted by atomic mass is 35.5. The quantitative estimate of drug-likeness (QED) is 0.767. The lowest BCUT2D eigenvalue weighted by atomic mass is 10.3. The Morgan fingerprint density at radius 2 is 2.29 bits per heavy atom. The normalized spacial score (nSPS) is 23.2. The summed E-state index contributed by atoms with van der Waals surface area (Å²) < 4.78 is 10.8. The van der Waals surface area contributed by atoms with E-state index in [9.17, 15) is 4.79 Å². The van der Waals surface area contributed by atoms with E-state index in [0.717, 1.165) is 5.76 Å². The highest BCUT2D eigenvalue weighted by molar-refractivity contribution is 6.27. The monoisotopic (exact) mass is 259 g/mol. The van der Waals surface area contributed by atoms with Gasteiger partial charge in [0.1, 0.15) is 24.0 Å². The van der Waals surface area contributed by atoms with Crippen LogP contribution in [0, 0.1) is 0 Å². The molecule has 2 heterocycles. The molecule has 0 bridgehead atoms. The van der Waals surface area contributed by atoms with Gasteiger partial charge in [-0.2, -0.15) is 0 Å². The number of rotatable bonds is 2. The molecule has 1 amide bonds. The molecule has 0 spiro atoms. The van der Waals surface area contributed by atoms with Gasteiger partial charge in [-0.1, -0.05) is 13.8 Å². The summed E-state index contributed by atoms with van der Waals surface area (Å²) in [6.45, 7) is 6.33. The Labute approximate surface area is 106 Å². The van der Waals surface area contributed by atoms with E-state index in [1.165, 1.54) is 0 Å². The Bertz CT molecular complexity index is 340. The third-order valence-electron chi connectivity index (χ3n) is 2.46. The van der Waals surface area contributed by atoms with E-state index < -0.39 is 0 Å². The maximum absolute atomic E-state index is 11.4. The van der Waals surface area contributed by atoms with Crippen LogP contribution in [0.2, 0.25) is 0 Å². The van der Waals surface area contributed by atoms with E-state index in [2.05, 4.69) is 0 Å². The summed E-state index contributed by atoms with van der Waals surface area (Å²) in [6, 6.07) is 3.64. The Morgan fingerprint density at radius 3 is 2.82 bits per heavy atom. The van der Waals surface area contributed by atoms with Crippen molar-refractivity contribution < 1.29 is 13.9 Å². The molecule has 1 aliphatic heterocycles. The molecule has 0 aromatic carbocycles. The first-order valence-corrected chi connectivity index (χ1v) is 6.30. The van der Waals surface area contributed by atoms with Crippen LogP contribution in [0.15, 0.2) is 22.8 Å². The molecule has 1 fully saturated rings. The molecule has 5 heteroatoms. The van der Waals surface area contributed by atoms with Crippen LogP contribution < -0.4 is 0 Å². The zero-order valence-electron chi connectivity index (χ0n) is 10.4. The lowest BCUT2D eigenvalue weighted by molar-refractivity contribution is -0.132. The third kappa shape index (κ3) is 3.23. The number of carbonyl (C=O) groups is 1. The van der Waals surface area contributed by atoms with Crippen molar-refractivity contribution in [3.8, 4) is 0 Å². The molecule has 0 saturated carbocycles. The van der Waals surface area contributed by atoms with Crippen LogP contribution in [0.5, 0.6) is 0 Å². The molecule has 0 aliphatic carbocycles. The molecule has 4 nitrogen and oxygen atoms in total. The average Bonchev–Trinajstić information content (AvgIpc) is 2.99. The molecule has 1 aliphatic rings. The lowest BCUT2D eigenvalue weighted by Crippen LogP contribution is -2.35. The summed E-state index contributed by atoms with van der Waals surface area (Å²) in [5.41, 5.74) is 0. The van der Waals surface area contributed by atoms with Crippen molar-refractivity contribution in [1.82, 2.24) is 4.90 Å². The number of furan rings is 1. The SMILES string of the molecule is CC.CC1OC(c2ccco2)CN1C(=O)CCl. The van der Waals surface area contributed by atoms with Crippen LogP contribution in [-0.4, -0.2) is 29.5 Å². The number of halogens is 1. The van der Waals surface area contributed by atoms with Crippen molar-refractivity contribution in [2.24, 2.45) is 0 Å². The molecule has 2 rings (SSSR count). The first-order chi connectivity index (χ1) is 8.22. The maximum Gasteiger partial charge on any atom is 0.239 e. The summed E-state index contributed by atoms with van der Waals surface area (Å²) >= 11 is 5.50. The second kappa shape index (κ2) is 6.67. The van der Waals surface area contributed by atoms with E-state index >= 15 is 0 Å². The van der Waals surface area contributed by atoms with E-state index in [0.29, 0.717) is 6.54 Å². The van der Waals surface area contributed by atoms with Gasteiger partial charge in [-0.15, -0.1) is 11.6 Å². The molecule has 1 aromatic heterocycles. The van der Waals surface area contributed by atoms with Gasteiger partial charge < -0.3 is 14.1 Å². The molecular weight excluding hydrogens is 242 g/mol. The number of nitrogens with zero attached hydrogens (tertiary/aromatic N) is 1. The minimum absolute atomic E-state index is 0.0153. The van der Waals surface area contributed by atoms with Crippen molar-refractivity contribution in [2.45, 2.75) is 33.1 Å². The number of carbonyl (C=O) groups excluding carboxylic acids is 1. The summed E-state index contributed by atoms with van der Waals surface area (Å²) in [6.07, 6.45) is 1.17. The van der Waals surface area contributed by atoms with E-state index in [1.54, 1.807) is 17.2 Å². The van der Waals surface area contributed by atoms with Gasteiger partial charge in [-0.3, -0.25) is 4.79 Å². The first kappa shape index (κ1) is 14.1. The Kier molecular flexibility index (Phi) is 5.51. The molecule has 2 unspecified atom stereocenters. The lowest BCUT2D eigenvalue weighted by Gasteiger charge is -2.17. The van der Waals surface area contributed by atoms with Gasteiger partial charge in [0.15, 0.2) is 0 Å². The zero-order valence-corrected chi connectivity index (χ0v) is 11.1. The van der Waals surface area contributed by atoms with Gasteiger partial charge in [-0.25, -0.2) is 0 Å². The highest BCUT2D eigenvalue weighted by Gasteiger charge is 2.34. The van der Waals surface area contributed by atoms with Crippen LogP contribution >= 0.6 is 11.6 Å². The molecule has 1 saturated heterocycles. The van der Waals surface area contributed by atoms with Crippen LogP contribution in [0.4, 0.5) is 0 Å². The molecular formula is C12H18ClNO3. The summed E-state index contributed by atoms with van der Waals surface area (Å²) in [5, 5.41) is 0. The van der Waals surface area contributed by atoms with Gasteiger partial charge >= 0.3 is 0 Å². The Hall–Kier alpha value is -1.000. The minimum Gasteiger partial charge on any atom is -0.467 e. The number of alkyl halides is 1. The molecule has 0 radical (unpaired) electrons. The first-order valence-electron chi connectivity index (χ1n) is 5.76.